The van der Waals surface area contributed by atoms with Gasteiger partial charge in [-0.05, 0) is 39.5 Å². The predicted molar refractivity (Wildman–Crippen MR) is 51.0 cm³/mol. The number of hydrogen-bond donors (Lipinski definition) is 1. The molecule has 12 heavy (non-hydrogen) atoms. The summed E-state index contributed by atoms with van der Waals surface area (Å²) >= 11 is 0. The van der Waals surface area contributed by atoms with E-state index in [1.165, 1.54) is 32.2 Å². The van der Waals surface area contributed by atoms with E-state index in [9.17, 15) is 0 Å². The van der Waals surface area contributed by atoms with Crippen molar-refractivity contribution in [3.63, 3.8) is 0 Å². The summed E-state index contributed by atoms with van der Waals surface area (Å²) in [6.45, 7) is 5.80. The Hall–Kier alpha value is -0.0800. The van der Waals surface area contributed by atoms with E-state index < -0.39 is 0 Å². The third-order valence-corrected chi connectivity index (χ3v) is 3.79. The topological polar surface area (TPSA) is 29.3 Å². The standard InChI is InChI=1S/C10H20N2/c1-8(2)12-7-4-9(11)10(12)5-3-6-10/h8-9H,3-7,11H2,1-2H3. The number of nitrogens with zero attached hydrogens (tertiary/aromatic N) is 1. The summed E-state index contributed by atoms with van der Waals surface area (Å²) in [5.41, 5.74) is 6.59. The SMILES string of the molecule is CC(C)N1CCC(N)C12CCC2. The Morgan fingerprint density at radius 2 is 2.08 bits per heavy atom. The Kier molecular flexibility index (Phi) is 1.92. The monoisotopic (exact) mass is 168 g/mol. The van der Waals surface area contributed by atoms with Crippen LogP contribution in [0.2, 0.25) is 0 Å². The van der Waals surface area contributed by atoms with E-state index in [0.717, 1.165) is 0 Å². The summed E-state index contributed by atoms with van der Waals surface area (Å²) < 4.78 is 0. The van der Waals surface area contributed by atoms with Crippen molar-refractivity contribution < 1.29 is 0 Å². The second-order valence-corrected chi connectivity index (χ2v) is 4.64. The van der Waals surface area contributed by atoms with Crippen LogP contribution in [0.4, 0.5) is 0 Å². The lowest BCUT2D eigenvalue weighted by Gasteiger charge is -2.50. The fourth-order valence-corrected chi connectivity index (χ4v) is 2.95. The molecule has 0 aromatic carbocycles. The van der Waals surface area contributed by atoms with Crippen molar-refractivity contribution in [1.82, 2.24) is 4.90 Å². The lowest BCUT2D eigenvalue weighted by molar-refractivity contribution is 0.0211. The number of hydrogen-bond acceptors (Lipinski definition) is 2. The highest BCUT2D eigenvalue weighted by Crippen LogP contribution is 2.45. The molecule has 0 radical (unpaired) electrons. The average Bonchev–Trinajstić information content (AvgIpc) is 2.24. The minimum atomic E-state index is 0.425. The largest absolute Gasteiger partial charge is 0.326 e. The minimum Gasteiger partial charge on any atom is -0.326 e. The molecule has 1 aliphatic heterocycles. The van der Waals surface area contributed by atoms with Crippen LogP contribution in [-0.4, -0.2) is 29.1 Å². The molecule has 1 heterocycles. The zero-order chi connectivity index (χ0) is 8.77. The second kappa shape index (κ2) is 2.71. The molecule has 2 rings (SSSR count). The molecule has 1 saturated heterocycles. The Bertz CT molecular complexity index is 173. The van der Waals surface area contributed by atoms with Crippen molar-refractivity contribution >= 4 is 0 Å². The Morgan fingerprint density at radius 3 is 2.42 bits per heavy atom. The number of likely N-dealkylation sites (tertiary alicyclic amines) is 1. The maximum Gasteiger partial charge on any atom is 0.0363 e. The third kappa shape index (κ3) is 0.944. The molecule has 0 bridgehead atoms. The summed E-state index contributed by atoms with van der Waals surface area (Å²) in [7, 11) is 0. The minimum absolute atomic E-state index is 0.425. The van der Waals surface area contributed by atoms with Crippen LogP contribution >= 0.6 is 0 Å². The van der Waals surface area contributed by atoms with Crippen LogP contribution in [0, 0.1) is 0 Å². The first-order valence-corrected chi connectivity index (χ1v) is 5.19. The first-order chi connectivity index (χ1) is 5.67. The van der Waals surface area contributed by atoms with Crippen LogP contribution in [0.3, 0.4) is 0 Å². The zero-order valence-electron chi connectivity index (χ0n) is 8.21. The molecule has 0 aromatic rings. The molecule has 1 saturated carbocycles. The molecular weight excluding hydrogens is 148 g/mol. The van der Waals surface area contributed by atoms with E-state index in [1.807, 2.05) is 0 Å². The first-order valence-electron chi connectivity index (χ1n) is 5.19. The van der Waals surface area contributed by atoms with Crippen LogP contribution < -0.4 is 5.73 Å². The van der Waals surface area contributed by atoms with Crippen LogP contribution in [0.5, 0.6) is 0 Å². The van der Waals surface area contributed by atoms with Gasteiger partial charge in [0.15, 0.2) is 0 Å². The van der Waals surface area contributed by atoms with Crippen LogP contribution in [0.15, 0.2) is 0 Å². The lowest BCUT2D eigenvalue weighted by Crippen LogP contribution is -2.60. The van der Waals surface area contributed by atoms with E-state index >= 15 is 0 Å². The molecule has 0 aromatic heterocycles. The normalized spacial score (nSPS) is 34.5. The smallest absolute Gasteiger partial charge is 0.0363 e. The van der Waals surface area contributed by atoms with E-state index in [4.69, 9.17) is 5.73 Å². The maximum absolute atomic E-state index is 6.16. The highest BCUT2D eigenvalue weighted by molar-refractivity contribution is 5.10. The van der Waals surface area contributed by atoms with E-state index in [2.05, 4.69) is 18.7 Å². The van der Waals surface area contributed by atoms with Gasteiger partial charge in [0.2, 0.25) is 0 Å². The van der Waals surface area contributed by atoms with Gasteiger partial charge in [0, 0.05) is 24.2 Å². The van der Waals surface area contributed by atoms with Gasteiger partial charge < -0.3 is 5.73 Å². The number of nitrogens with two attached hydrogens (primary N) is 1. The molecule has 2 heteroatoms. The fraction of sp³-hybridized carbons (Fsp3) is 1.00. The van der Waals surface area contributed by atoms with Crippen molar-refractivity contribution in [2.24, 2.45) is 5.73 Å². The molecule has 2 fully saturated rings. The Balaban J connectivity index is 2.14. The van der Waals surface area contributed by atoms with Crippen molar-refractivity contribution in [2.75, 3.05) is 6.54 Å². The van der Waals surface area contributed by atoms with Gasteiger partial charge in [-0.2, -0.15) is 0 Å². The van der Waals surface area contributed by atoms with Crippen molar-refractivity contribution in [2.45, 2.75) is 57.2 Å². The Labute approximate surface area is 75.1 Å². The maximum atomic E-state index is 6.16. The summed E-state index contributed by atoms with van der Waals surface area (Å²) in [5.74, 6) is 0. The van der Waals surface area contributed by atoms with Gasteiger partial charge in [-0.1, -0.05) is 0 Å². The van der Waals surface area contributed by atoms with Gasteiger partial charge in [0.1, 0.15) is 0 Å². The highest BCUT2D eigenvalue weighted by Gasteiger charge is 2.51. The molecule has 1 aliphatic carbocycles. The van der Waals surface area contributed by atoms with Crippen LogP contribution in [-0.2, 0) is 0 Å². The molecule has 0 amide bonds. The molecule has 2 N–H and O–H groups in total. The summed E-state index contributed by atoms with van der Waals surface area (Å²) in [5, 5.41) is 0. The fourth-order valence-electron chi connectivity index (χ4n) is 2.95. The van der Waals surface area contributed by atoms with Crippen molar-refractivity contribution in [3.05, 3.63) is 0 Å². The third-order valence-electron chi connectivity index (χ3n) is 3.79. The average molecular weight is 168 g/mol. The van der Waals surface area contributed by atoms with Crippen molar-refractivity contribution in [3.8, 4) is 0 Å². The Morgan fingerprint density at radius 1 is 1.42 bits per heavy atom. The number of rotatable bonds is 1. The van der Waals surface area contributed by atoms with E-state index in [-0.39, 0.29) is 0 Å². The molecule has 1 atom stereocenters. The summed E-state index contributed by atoms with van der Waals surface area (Å²) in [6, 6.07) is 1.13. The van der Waals surface area contributed by atoms with Crippen LogP contribution in [0.1, 0.15) is 39.5 Å². The molecule has 2 aliphatic rings. The van der Waals surface area contributed by atoms with Gasteiger partial charge >= 0.3 is 0 Å². The van der Waals surface area contributed by atoms with E-state index in [1.54, 1.807) is 0 Å². The lowest BCUT2D eigenvalue weighted by atomic mass is 9.72. The van der Waals surface area contributed by atoms with Gasteiger partial charge in [0.25, 0.3) is 0 Å². The summed E-state index contributed by atoms with van der Waals surface area (Å²) in [4.78, 5) is 2.63. The second-order valence-electron chi connectivity index (χ2n) is 4.64. The van der Waals surface area contributed by atoms with E-state index in [0.29, 0.717) is 17.6 Å². The molecule has 1 spiro atoms. The van der Waals surface area contributed by atoms with Gasteiger partial charge in [-0.25, -0.2) is 0 Å². The van der Waals surface area contributed by atoms with Crippen molar-refractivity contribution in [1.29, 1.82) is 0 Å². The molecule has 70 valence electrons. The first kappa shape index (κ1) is 8.52. The molecular formula is C10H20N2. The quantitative estimate of drug-likeness (QED) is 0.640. The summed E-state index contributed by atoms with van der Waals surface area (Å²) in [6.07, 6.45) is 5.27. The molecule has 1 unspecified atom stereocenters. The predicted octanol–water partition coefficient (Wildman–Crippen LogP) is 1.35. The molecule has 2 nitrogen and oxygen atoms in total. The van der Waals surface area contributed by atoms with Crippen LogP contribution in [0.25, 0.3) is 0 Å². The van der Waals surface area contributed by atoms with Gasteiger partial charge in [0.05, 0.1) is 0 Å². The van der Waals surface area contributed by atoms with Gasteiger partial charge in [-0.15, -0.1) is 0 Å². The van der Waals surface area contributed by atoms with Gasteiger partial charge in [-0.3, -0.25) is 4.90 Å². The zero-order valence-corrected chi connectivity index (χ0v) is 8.21. The highest BCUT2D eigenvalue weighted by atomic mass is 15.3.